The van der Waals surface area contributed by atoms with Crippen molar-refractivity contribution in [1.29, 1.82) is 0 Å². The van der Waals surface area contributed by atoms with Gasteiger partial charge in [0.25, 0.3) is 5.91 Å². The topological polar surface area (TPSA) is 64.6 Å². The molecule has 0 unspecified atom stereocenters. The van der Waals surface area contributed by atoms with Crippen molar-refractivity contribution < 1.29 is 19.1 Å². The third-order valence-corrected chi connectivity index (χ3v) is 3.82. The molecule has 0 aliphatic rings. The number of carbonyl (C=O) groups excluding carboxylic acids is 2. The molecule has 3 aromatic carbocycles. The first-order valence-corrected chi connectivity index (χ1v) is 8.51. The number of hydrogen-bond donors (Lipinski definition) is 1. The number of rotatable bonds is 8. The second-order valence-corrected chi connectivity index (χ2v) is 5.74. The molecule has 0 aliphatic carbocycles. The van der Waals surface area contributed by atoms with Crippen LogP contribution in [-0.2, 0) is 11.3 Å². The molecule has 1 amide bonds. The fourth-order valence-corrected chi connectivity index (χ4v) is 2.46. The van der Waals surface area contributed by atoms with E-state index in [2.05, 4.69) is 5.32 Å². The minimum absolute atomic E-state index is 0.174. The van der Waals surface area contributed by atoms with Gasteiger partial charge in [0.1, 0.15) is 17.2 Å². The Kier molecular flexibility index (Phi) is 6.20. The summed E-state index contributed by atoms with van der Waals surface area (Å²) >= 11 is 0. The number of hydrogen-bond acceptors (Lipinski definition) is 4. The lowest BCUT2D eigenvalue weighted by Gasteiger charge is -2.12. The van der Waals surface area contributed by atoms with Gasteiger partial charge in [0.15, 0.2) is 12.9 Å². The van der Waals surface area contributed by atoms with Gasteiger partial charge in [-0.05, 0) is 30.3 Å². The minimum atomic E-state index is -0.287. The molecule has 0 fully saturated rings. The molecule has 3 rings (SSSR count). The highest BCUT2D eigenvalue weighted by molar-refractivity contribution is 5.80. The Balaban J connectivity index is 1.57. The van der Waals surface area contributed by atoms with Gasteiger partial charge < -0.3 is 14.8 Å². The Morgan fingerprint density at radius 1 is 0.852 bits per heavy atom. The van der Waals surface area contributed by atoms with Gasteiger partial charge in [-0.15, -0.1) is 0 Å². The minimum Gasteiger partial charge on any atom is -0.483 e. The zero-order valence-electron chi connectivity index (χ0n) is 14.6. The Labute approximate surface area is 157 Å². The van der Waals surface area contributed by atoms with Crippen molar-refractivity contribution in [3.05, 3.63) is 90.0 Å². The van der Waals surface area contributed by atoms with Crippen LogP contribution >= 0.6 is 0 Å². The summed E-state index contributed by atoms with van der Waals surface area (Å²) in [5.41, 5.74) is 1.26. The number of aldehydes is 1. The Morgan fingerprint density at radius 2 is 1.52 bits per heavy atom. The Bertz CT molecular complexity index is 909. The van der Waals surface area contributed by atoms with Crippen molar-refractivity contribution in [2.75, 3.05) is 6.61 Å². The third kappa shape index (κ3) is 5.19. The average molecular weight is 361 g/mol. The van der Waals surface area contributed by atoms with Crippen molar-refractivity contribution in [3.8, 4) is 17.2 Å². The van der Waals surface area contributed by atoms with Crippen LogP contribution in [-0.4, -0.2) is 18.8 Å². The van der Waals surface area contributed by atoms with Crippen molar-refractivity contribution >= 4 is 12.2 Å². The number of amides is 1. The van der Waals surface area contributed by atoms with E-state index < -0.39 is 0 Å². The zero-order valence-corrected chi connectivity index (χ0v) is 14.6. The smallest absolute Gasteiger partial charge is 0.258 e. The number of ether oxygens (including phenoxy) is 2. The number of nitrogens with one attached hydrogen (secondary N) is 1. The maximum atomic E-state index is 12.1. The van der Waals surface area contributed by atoms with Crippen LogP contribution < -0.4 is 14.8 Å². The van der Waals surface area contributed by atoms with E-state index in [0.717, 1.165) is 11.3 Å². The molecule has 0 saturated carbocycles. The van der Waals surface area contributed by atoms with Crippen LogP contribution in [0.4, 0.5) is 0 Å². The van der Waals surface area contributed by atoms with E-state index in [-0.39, 0.29) is 12.5 Å². The summed E-state index contributed by atoms with van der Waals surface area (Å²) in [7, 11) is 0. The third-order valence-electron chi connectivity index (χ3n) is 3.82. The van der Waals surface area contributed by atoms with E-state index in [1.165, 1.54) is 0 Å². The first-order chi connectivity index (χ1) is 13.3. The predicted octanol–water partition coefficient (Wildman–Crippen LogP) is 3.99. The molecule has 0 aliphatic heterocycles. The van der Waals surface area contributed by atoms with E-state index in [9.17, 15) is 9.59 Å². The molecular formula is C22H19NO4. The largest absolute Gasteiger partial charge is 0.483 e. The standard InChI is InChI=1S/C22H19NO4/c24-15-18-9-5-6-12-20(18)26-16-22(25)23-14-17-8-4-7-13-21(17)27-19-10-2-1-3-11-19/h1-13,15H,14,16H2,(H,23,25). The van der Waals surface area contributed by atoms with Gasteiger partial charge in [0.2, 0.25) is 0 Å². The molecule has 0 aromatic heterocycles. The summed E-state index contributed by atoms with van der Waals surface area (Å²) in [5.74, 6) is 1.50. The molecule has 0 radical (unpaired) electrons. The van der Waals surface area contributed by atoms with Crippen LogP contribution in [0.5, 0.6) is 17.2 Å². The summed E-state index contributed by atoms with van der Waals surface area (Å²) in [6.07, 6.45) is 0.699. The van der Waals surface area contributed by atoms with Gasteiger partial charge in [-0.3, -0.25) is 9.59 Å². The summed E-state index contributed by atoms with van der Waals surface area (Å²) in [4.78, 5) is 23.1. The molecule has 3 aromatic rings. The van der Waals surface area contributed by atoms with Gasteiger partial charge in [-0.1, -0.05) is 48.5 Å². The Morgan fingerprint density at radius 3 is 2.30 bits per heavy atom. The fourth-order valence-electron chi connectivity index (χ4n) is 2.46. The van der Waals surface area contributed by atoms with Crippen LogP contribution in [0.2, 0.25) is 0 Å². The maximum absolute atomic E-state index is 12.1. The lowest BCUT2D eigenvalue weighted by molar-refractivity contribution is -0.123. The van der Waals surface area contributed by atoms with Crippen molar-refractivity contribution in [2.24, 2.45) is 0 Å². The first kappa shape index (κ1) is 18.2. The number of carbonyl (C=O) groups is 2. The van der Waals surface area contributed by atoms with Crippen LogP contribution in [0.15, 0.2) is 78.9 Å². The fraction of sp³-hybridized carbons (Fsp3) is 0.0909. The molecule has 5 heteroatoms. The summed E-state index contributed by atoms with van der Waals surface area (Å²) in [5, 5.41) is 2.80. The van der Waals surface area contributed by atoms with E-state index in [0.29, 0.717) is 29.9 Å². The van der Waals surface area contributed by atoms with Crippen LogP contribution in [0.3, 0.4) is 0 Å². The van der Waals surface area contributed by atoms with Gasteiger partial charge in [0.05, 0.1) is 5.56 Å². The van der Waals surface area contributed by atoms with E-state index in [1.54, 1.807) is 24.3 Å². The van der Waals surface area contributed by atoms with E-state index >= 15 is 0 Å². The molecule has 0 bridgehead atoms. The summed E-state index contributed by atoms with van der Waals surface area (Å²) in [6.45, 7) is 0.132. The number of benzene rings is 3. The van der Waals surface area contributed by atoms with Gasteiger partial charge in [-0.25, -0.2) is 0 Å². The lowest BCUT2D eigenvalue weighted by Crippen LogP contribution is -2.28. The lowest BCUT2D eigenvalue weighted by atomic mass is 10.2. The predicted molar refractivity (Wildman–Crippen MR) is 102 cm³/mol. The Hall–Kier alpha value is -3.60. The highest BCUT2D eigenvalue weighted by atomic mass is 16.5. The number of para-hydroxylation sites is 3. The maximum Gasteiger partial charge on any atom is 0.258 e. The second kappa shape index (κ2) is 9.20. The molecule has 27 heavy (non-hydrogen) atoms. The quantitative estimate of drug-likeness (QED) is 0.616. The molecule has 5 nitrogen and oxygen atoms in total. The molecule has 0 heterocycles. The molecule has 136 valence electrons. The zero-order chi connectivity index (χ0) is 18.9. The highest BCUT2D eigenvalue weighted by Crippen LogP contribution is 2.24. The van der Waals surface area contributed by atoms with Crippen molar-refractivity contribution in [3.63, 3.8) is 0 Å². The van der Waals surface area contributed by atoms with Crippen LogP contribution in [0, 0.1) is 0 Å². The first-order valence-electron chi connectivity index (χ1n) is 8.51. The summed E-state index contributed by atoms with van der Waals surface area (Å²) in [6, 6.07) is 23.7. The second-order valence-electron chi connectivity index (χ2n) is 5.74. The van der Waals surface area contributed by atoms with E-state index in [1.807, 2.05) is 54.6 Å². The molecular weight excluding hydrogens is 342 g/mol. The normalized spacial score (nSPS) is 10.1. The van der Waals surface area contributed by atoms with Gasteiger partial charge in [-0.2, -0.15) is 0 Å². The van der Waals surface area contributed by atoms with Crippen molar-refractivity contribution in [2.45, 2.75) is 6.54 Å². The molecule has 0 atom stereocenters. The molecule has 1 N–H and O–H groups in total. The SMILES string of the molecule is O=Cc1ccccc1OCC(=O)NCc1ccccc1Oc1ccccc1. The van der Waals surface area contributed by atoms with Crippen molar-refractivity contribution in [1.82, 2.24) is 5.32 Å². The van der Waals surface area contributed by atoms with Gasteiger partial charge in [0, 0.05) is 12.1 Å². The summed E-state index contributed by atoms with van der Waals surface area (Å²) < 4.78 is 11.3. The molecule has 0 saturated heterocycles. The van der Waals surface area contributed by atoms with Crippen LogP contribution in [0.1, 0.15) is 15.9 Å². The monoisotopic (exact) mass is 361 g/mol. The average Bonchev–Trinajstić information content (AvgIpc) is 2.72. The van der Waals surface area contributed by atoms with Crippen LogP contribution in [0.25, 0.3) is 0 Å². The van der Waals surface area contributed by atoms with Gasteiger partial charge >= 0.3 is 0 Å². The van der Waals surface area contributed by atoms with E-state index in [4.69, 9.17) is 9.47 Å². The molecule has 0 spiro atoms. The highest BCUT2D eigenvalue weighted by Gasteiger charge is 2.09.